The number of halogens is 1. The fourth-order valence-corrected chi connectivity index (χ4v) is 2.11. The molecule has 2 heterocycles. The molecule has 7 heteroatoms. The highest BCUT2D eigenvalue weighted by Gasteiger charge is 2.11. The monoisotopic (exact) mass is 313 g/mol. The molecule has 0 aromatic carbocycles. The number of nitrogens with zero attached hydrogens (tertiary/aromatic N) is 2. The lowest BCUT2D eigenvalue weighted by molar-refractivity contribution is 0.0697. The second kappa shape index (κ2) is 5.24. The standard InChI is InChI=1S/C10H8BrN3O2S/c11-6-1-8(10(15)16)9(13-2-6)14-4-7-3-12-5-17-7/h1-3,5H,4H2,(H,13,14)(H,15,16). The maximum Gasteiger partial charge on any atom is 0.339 e. The Kier molecular flexibility index (Phi) is 3.70. The van der Waals surface area contributed by atoms with Gasteiger partial charge in [-0.25, -0.2) is 9.78 Å². The molecule has 0 radical (unpaired) electrons. The summed E-state index contributed by atoms with van der Waals surface area (Å²) in [4.78, 5) is 20.0. The van der Waals surface area contributed by atoms with E-state index in [0.29, 0.717) is 16.8 Å². The Morgan fingerprint density at radius 1 is 1.53 bits per heavy atom. The number of hydrogen-bond acceptors (Lipinski definition) is 5. The van der Waals surface area contributed by atoms with Crippen LogP contribution in [-0.2, 0) is 6.54 Å². The van der Waals surface area contributed by atoms with E-state index in [-0.39, 0.29) is 5.56 Å². The third-order valence-electron chi connectivity index (χ3n) is 2.00. The topological polar surface area (TPSA) is 75.1 Å². The van der Waals surface area contributed by atoms with Crippen LogP contribution in [0.1, 0.15) is 15.2 Å². The quantitative estimate of drug-likeness (QED) is 0.907. The number of carboxylic acids is 1. The lowest BCUT2D eigenvalue weighted by Crippen LogP contribution is -2.07. The van der Waals surface area contributed by atoms with Crippen LogP contribution in [0.5, 0.6) is 0 Å². The largest absolute Gasteiger partial charge is 0.478 e. The number of nitrogens with one attached hydrogen (secondary N) is 1. The highest BCUT2D eigenvalue weighted by molar-refractivity contribution is 9.10. The Labute approximate surface area is 110 Å². The smallest absolute Gasteiger partial charge is 0.339 e. The summed E-state index contributed by atoms with van der Waals surface area (Å²) in [5, 5.41) is 12.0. The van der Waals surface area contributed by atoms with Crippen LogP contribution in [0.4, 0.5) is 5.82 Å². The van der Waals surface area contributed by atoms with Crippen molar-refractivity contribution >= 4 is 39.1 Å². The molecule has 17 heavy (non-hydrogen) atoms. The first-order valence-electron chi connectivity index (χ1n) is 4.67. The van der Waals surface area contributed by atoms with E-state index >= 15 is 0 Å². The Balaban J connectivity index is 2.17. The van der Waals surface area contributed by atoms with Crippen LogP contribution in [0.25, 0.3) is 0 Å². The molecule has 0 aliphatic heterocycles. The molecule has 5 nitrogen and oxygen atoms in total. The highest BCUT2D eigenvalue weighted by atomic mass is 79.9. The minimum Gasteiger partial charge on any atom is -0.478 e. The van der Waals surface area contributed by atoms with Gasteiger partial charge in [0.2, 0.25) is 0 Å². The van der Waals surface area contributed by atoms with Crippen LogP contribution in [0.15, 0.2) is 28.4 Å². The minimum atomic E-state index is -1.01. The van der Waals surface area contributed by atoms with E-state index < -0.39 is 5.97 Å². The molecule has 0 aliphatic rings. The second-order valence-corrected chi connectivity index (χ2v) is 5.06. The van der Waals surface area contributed by atoms with Crippen LogP contribution < -0.4 is 5.32 Å². The summed E-state index contributed by atoms with van der Waals surface area (Å²) < 4.78 is 0.637. The number of thiazole rings is 1. The second-order valence-electron chi connectivity index (χ2n) is 3.18. The Hall–Kier alpha value is -1.47. The van der Waals surface area contributed by atoms with E-state index in [9.17, 15) is 4.79 Å². The molecule has 2 aromatic rings. The van der Waals surface area contributed by atoms with Gasteiger partial charge in [0.15, 0.2) is 0 Å². The number of carboxylic acid groups (broad SMARTS) is 1. The van der Waals surface area contributed by atoms with Crippen molar-refractivity contribution in [3.8, 4) is 0 Å². The minimum absolute atomic E-state index is 0.142. The molecule has 0 saturated carbocycles. The molecule has 0 atom stereocenters. The summed E-state index contributed by atoms with van der Waals surface area (Å²) in [6, 6.07) is 1.52. The van der Waals surface area contributed by atoms with Gasteiger partial charge in [-0.1, -0.05) is 0 Å². The first-order valence-corrected chi connectivity index (χ1v) is 6.34. The molecule has 0 bridgehead atoms. The van der Waals surface area contributed by atoms with Crippen molar-refractivity contribution in [3.63, 3.8) is 0 Å². The van der Waals surface area contributed by atoms with Gasteiger partial charge in [0.25, 0.3) is 0 Å². The summed E-state index contributed by atoms with van der Waals surface area (Å²) in [7, 11) is 0. The van der Waals surface area contributed by atoms with E-state index in [4.69, 9.17) is 5.11 Å². The number of aromatic nitrogens is 2. The first-order chi connectivity index (χ1) is 8.16. The molecule has 0 amide bonds. The van der Waals surface area contributed by atoms with Gasteiger partial charge in [-0.15, -0.1) is 11.3 Å². The van der Waals surface area contributed by atoms with Crippen molar-refractivity contribution < 1.29 is 9.90 Å². The third-order valence-corrected chi connectivity index (χ3v) is 3.21. The lowest BCUT2D eigenvalue weighted by Gasteiger charge is -2.07. The average molecular weight is 314 g/mol. The Morgan fingerprint density at radius 3 is 3.00 bits per heavy atom. The lowest BCUT2D eigenvalue weighted by atomic mass is 10.2. The summed E-state index contributed by atoms with van der Waals surface area (Å²) in [6.45, 7) is 0.513. The molecule has 2 rings (SSSR count). The molecule has 0 unspecified atom stereocenters. The van der Waals surface area contributed by atoms with Crippen molar-refractivity contribution in [2.75, 3.05) is 5.32 Å². The molecule has 2 N–H and O–H groups in total. The zero-order valence-corrected chi connectivity index (χ0v) is 11.0. The Bertz CT molecular complexity index is 530. The molecular weight excluding hydrogens is 306 g/mol. The van der Waals surface area contributed by atoms with Crippen molar-refractivity contribution in [1.82, 2.24) is 9.97 Å². The molecular formula is C10H8BrN3O2S. The van der Waals surface area contributed by atoms with E-state index in [1.165, 1.54) is 17.4 Å². The zero-order chi connectivity index (χ0) is 12.3. The first kappa shape index (κ1) is 12.0. The van der Waals surface area contributed by atoms with E-state index in [2.05, 4.69) is 31.2 Å². The van der Waals surface area contributed by atoms with E-state index in [1.54, 1.807) is 17.9 Å². The van der Waals surface area contributed by atoms with Crippen molar-refractivity contribution in [1.29, 1.82) is 0 Å². The van der Waals surface area contributed by atoms with Crippen LogP contribution in [0.3, 0.4) is 0 Å². The molecule has 0 saturated heterocycles. The molecule has 88 valence electrons. The van der Waals surface area contributed by atoms with E-state index in [0.717, 1.165) is 4.88 Å². The van der Waals surface area contributed by atoms with E-state index in [1.807, 2.05) is 0 Å². The van der Waals surface area contributed by atoms with Gasteiger partial charge in [-0.05, 0) is 22.0 Å². The highest BCUT2D eigenvalue weighted by Crippen LogP contribution is 2.19. The molecule has 2 aromatic heterocycles. The van der Waals surface area contributed by atoms with Crippen LogP contribution >= 0.6 is 27.3 Å². The van der Waals surface area contributed by atoms with Gasteiger partial charge < -0.3 is 10.4 Å². The number of rotatable bonds is 4. The van der Waals surface area contributed by atoms with Crippen molar-refractivity contribution in [2.45, 2.75) is 6.54 Å². The van der Waals surface area contributed by atoms with Gasteiger partial charge in [0.1, 0.15) is 11.4 Å². The summed E-state index contributed by atoms with van der Waals surface area (Å²) in [5.74, 6) is -0.653. The predicted octanol–water partition coefficient (Wildman–Crippen LogP) is 2.61. The summed E-state index contributed by atoms with van der Waals surface area (Å²) in [5.41, 5.74) is 1.87. The van der Waals surface area contributed by atoms with Crippen molar-refractivity contribution in [3.05, 3.63) is 38.9 Å². The van der Waals surface area contributed by atoms with Crippen molar-refractivity contribution in [2.24, 2.45) is 0 Å². The number of anilines is 1. The third kappa shape index (κ3) is 3.01. The summed E-state index contributed by atoms with van der Waals surface area (Å²) in [6.07, 6.45) is 3.29. The number of hydrogen-bond donors (Lipinski definition) is 2. The molecule has 0 fully saturated rings. The van der Waals surface area contributed by atoms with Gasteiger partial charge in [0.05, 0.1) is 12.1 Å². The number of pyridine rings is 1. The maximum atomic E-state index is 11.0. The van der Waals surface area contributed by atoms with Crippen LogP contribution in [0, 0.1) is 0 Å². The predicted molar refractivity (Wildman–Crippen MR) is 68.3 cm³/mol. The maximum absolute atomic E-state index is 11.0. The van der Waals surface area contributed by atoms with Gasteiger partial charge >= 0.3 is 5.97 Å². The fraction of sp³-hybridized carbons (Fsp3) is 0.100. The fourth-order valence-electron chi connectivity index (χ4n) is 1.24. The average Bonchev–Trinajstić information content (AvgIpc) is 2.80. The van der Waals surface area contributed by atoms with Gasteiger partial charge in [0, 0.05) is 21.7 Å². The van der Waals surface area contributed by atoms with Gasteiger partial charge in [-0.3, -0.25) is 4.98 Å². The van der Waals surface area contributed by atoms with Crippen LogP contribution in [0.2, 0.25) is 0 Å². The van der Waals surface area contributed by atoms with Crippen LogP contribution in [-0.4, -0.2) is 21.0 Å². The normalized spacial score (nSPS) is 10.2. The number of carbonyl (C=O) groups is 1. The summed E-state index contributed by atoms with van der Waals surface area (Å²) >= 11 is 4.69. The number of aromatic carboxylic acids is 1. The molecule has 0 aliphatic carbocycles. The SMILES string of the molecule is O=C(O)c1cc(Br)cnc1NCc1cncs1. The van der Waals surface area contributed by atoms with Gasteiger partial charge in [-0.2, -0.15) is 0 Å². The zero-order valence-electron chi connectivity index (χ0n) is 8.55. The Morgan fingerprint density at radius 2 is 2.35 bits per heavy atom. The molecule has 0 spiro atoms.